The van der Waals surface area contributed by atoms with Crippen molar-refractivity contribution in [3.05, 3.63) is 0 Å². The molecule has 0 radical (unpaired) electrons. The van der Waals surface area contributed by atoms with Gasteiger partial charge in [-0.25, -0.2) is 0 Å². The van der Waals surface area contributed by atoms with Gasteiger partial charge in [0.25, 0.3) is 0 Å². The maximum atomic E-state index is 8.54. The molecule has 1 saturated carbocycles. The zero-order valence-electron chi connectivity index (χ0n) is 8.58. The molecule has 0 aromatic carbocycles. The molecule has 0 aromatic heterocycles. The van der Waals surface area contributed by atoms with Gasteiger partial charge in [-0.05, 0) is 44.2 Å². The highest BCUT2D eigenvalue weighted by Gasteiger charge is 2.44. The van der Waals surface area contributed by atoms with E-state index in [0.717, 1.165) is 13.0 Å². The highest BCUT2D eigenvalue weighted by molar-refractivity contribution is 5.80. The van der Waals surface area contributed by atoms with Crippen LogP contribution < -0.4 is 5.73 Å². The largest absolute Gasteiger partial charge is 0.409 e. The fourth-order valence-corrected chi connectivity index (χ4v) is 2.40. The summed E-state index contributed by atoms with van der Waals surface area (Å²) in [6, 6.07) is 0. The van der Waals surface area contributed by atoms with Gasteiger partial charge >= 0.3 is 0 Å². The van der Waals surface area contributed by atoms with Crippen molar-refractivity contribution in [2.45, 2.75) is 32.1 Å². The first-order chi connectivity index (χ1) is 6.74. The molecule has 2 rings (SSSR count). The van der Waals surface area contributed by atoms with Crippen molar-refractivity contribution in [2.24, 2.45) is 16.3 Å². The maximum absolute atomic E-state index is 8.54. The summed E-state index contributed by atoms with van der Waals surface area (Å²) in [6.07, 6.45) is 5.90. The predicted octanol–water partition coefficient (Wildman–Crippen LogP) is 0.999. The summed E-state index contributed by atoms with van der Waals surface area (Å²) in [4.78, 5) is 2.51. The molecule has 2 fully saturated rings. The minimum Gasteiger partial charge on any atom is -0.409 e. The number of nitrogens with zero attached hydrogens (tertiary/aromatic N) is 2. The molecule has 80 valence electrons. The minimum atomic E-state index is 0.348. The van der Waals surface area contributed by atoms with E-state index in [9.17, 15) is 0 Å². The Kier molecular flexibility index (Phi) is 2.63. The van der Waals surface area contributed by atoms with Crippen LogP contribution in [0.25, 0.3) is 0 Å². The zero-order chi connectivity index (χ0) is 10.0. The van der Waals surface area contributed by atoms with E-state index in [2.05, 4.69) is 10.1 Å². The van der Waals surface area contributed by atoms with Crippen LogP contribution in [0.3, 0.4) is 0 Å². The Morgan fingerprint density at radius 1 is 1.36 bits per heavy atom. The minimum absolute atomic E-state index is 0.348. The maximum Gasteiger partial charge on any atom is 0.139 e. The van der Waals surface area contributed by atoms with E-state index in [4.69, 9.17) is 10.9 Å². The van der Waals surface area contributed by atoms with Crippen LogP contribution in [0.5, 0.6) is 0 Å². The molecule has 0 amide bonds. The van der Waals surface area contributed by atoms with Gasteiger partial charge in [-0.1, -0.05) is 5.16 Å². The predicted molar refractivity (Wildman–Crippen MR) is 55.4 cm³/mol. The Hall–Kier alpha value is -0.770. The van der Waals surface area contributed by atoms with Crippen LogP contribution >= 0.6 is 0 Å². The monoisotopic (exact) mass is 197 g/mol. The lowest BCUT2D eigenvalue weighted by molar-refractivity contribution is 0.264. The van der Waals surface area contributed by atoms with E-state index >= 15 is 0 Å². The number of hydrogen-bond donors (Lipinski definition) is 2. The topological polar surface area (TPSA) is 61.8 Å². The highest BCUT2D eigenvalue weighted by atomic mass is 16.4. The number of hydrogen-bond acceptors (Lipinski definition) is 3. The van der Waals surface area contributed by atoms with Crippen molar-refractivity contribution >= 4 is 5.84 Å². The van der Waals surface area contributed by atoms with Gasteiger partial charge in [-0.3, -0.25) is 0 Å². The first kappa shape index (κ1) is 9.77. The molecular formula is C10H19N3O. The van der Waals surface area contributed by atoms with Gasteiger partial charge < -0.3 is 15.8 Å². The van der Waals surface area contributed by atoms with Crippen LogP contribution in [-0.2, 0) is 0 Å². The molecule has 4 nitrogen and oxygen atoms in total. The Balaban J connectivity index is 1.83. The summed E-state index contributed by atoms with van der Waals surface area (Å²) in [7, 11) is 0. The fourth-order valence-electron chi connectivity index (χ4n) is 2.40. The average Bonchev–Trinajstić information content (AvgIpc) is 2.72. The number of nitrogens with two attached hydrogens (primary N) is 1. The van der Waals surface area contributed by atoms with Crippen LogP contribution in [-0.4, -0.2) is 35.6 Å². The molecule has 0 unspecified atom stereocenters. The first-order valence-corrected chi connectivity index (χ1v) is 5.43. The Morgan fingerprint density at radius 2 is 2.00 bits per heavy atom. The highest BCUT2D eigenvalue weighted by Crippen LogP contribution is 2.49. The Bertz CT molecular complexity index is 230. The third-order valence-corrected chi connectivity index (χ3v) is 3.40. The van der Waals surface area contributed by atoms with Crippen molar-refractivity contribution in [2.75, 3.05) is 19.6 Å². The zero-order valence-corrected chi connectivity index (χ0v) is 8.58. The van der Waals surface area contributed by atoms with Crippen molar-refractivity contribution in [1.82, 2.24) is 4.90 Å². The second-order valence-corrected chi connectivity index (χ2v) is 4.75. The molecule has 1 aliphatic carbocycles. The van der Waals surface area contributed by atoms with Gasteiger partial charge in [-0.2, -0.15) is 0 Å². The van der Waals surface area contributed by atoms with Crippen LogP contribution in [0.15, 0.2) is 5.16 Å². The van der Waals surface area contributed by atoms with Crippen LogP contribution in [0.2, 0.25) is 0 Å². The first-order valence-electron chi connectivity index (χ1n) is 5.43. The smallest absolute Gasteiger partial charge is 0.139 e. The molecule has 0 atom stereocenters. The summed E-state index contributed by atoms with van der Waals surface area (Å²) in [5, 5.41) is 11.6. The van der Waals surface area contributed by atoms with Gasteiger partial charge in [0.15, 0.2) is 0 Å². The summed E-state index contributed by atoms with van der Waals surface area (Å²) in [5.74, 6) is 0.390. The van der Waals surface area contributed by atoms with E-state index in [1.54, 1.807) is 0 Å². The van der Waals surface area contributed by atoms with Gasteiger partial charge in [0, 0.05) is 13.0 Å². The standard InChI is InChI=1S/C10H19N3O/c11-9(12-14)7-10(3-4-10)8-13-5-1-2-6-13/h14H,1-8H2,(H2,11,12). The van der Waals surface area contributed by atoms with Crippen molar-refractivity contribution in [3.8, 4) is 0 Å². The molecule has 0 aromatic rings. The summed E-state index contributed by atoms with van der Waals surface area (Å²) in [5.41, 5.74) is 5.90. The van der Waals surface area contributed by atoms with Crippen LogP contribution in [0.1, 0.15) is 32.1 Å². The second kappa shape index (κ2) is 3.77. The summed E-state index contributed by atoms with van der Waals surface area (Å²) >= 11 is 0. The fraction of sp³-hybridized carbons (Fsp3) is 0.900. The van der Waals surface area contributed by atoms with Crippen molar-refractivity contribution < 1.29 is 5.21 Å². The molecule has 1 saturated heterocycles. The number of likely N-dealkylation sites (tertiary alicyclic amines) is 1. The molecule has 3 N–H and O–H groups in total. The lowest BCUT2D eigenvalue weighted by atomic mass is 10.0. The van der Waals surface area contributed by atoms with E-state index in [1.807, 2.05) is 0 Å². The average molecular weight is 197 g/mol. The van der Waals surface area contributed by atoms with E-state index in [0.29, 0.717) is 11.3 Å². The lowest BCUT2D eigenvalue weighted by Gasteiger charge is -2.22. The molecule has 1 aliphatic heterocycles. The third kappa shape index (κ3) is 2.18. The lowest BCUT2D eigenvalue weighted by Crippen LogP contribution is -2.30. The van der Waals surface area contributed by atoms with E-state index in [1.165, 1.54) is 38.8 Å². The van der Waals surface area contributed by atoms with Gasteiger partial charge in [0.05, 0.1) is 0 Å². The van der Waals surface area contributed by atoms with Crippen molar-refractivity contribution in [1.29, 1.82) is 0 Å². The number of rotatable bonds is 4. The van der Waals surface area contributed by atoms with Crippen molar-refractivity contribution in [3.63, 3.8) is 0 Å². The quantitative estimate of drug-likeness (QED) is 0.306. The second-order valence-electron chi connectivity index (χ2n) is 4.75. The van der Waals surface area contributed by atoms with E-state index < -0.39 is 0 Å². The summed E-state index contributed by atoms with van der Waals surface area (Å²) in [6.45, 7) is 3.61. The van der Waals surface area contributed by atoms with Gasteiger partial charge in [-0.15, -0.1) is 0 Å². The number of oxime groups is 1. The van der Waals surface area contributed by atoms with Crippen LogP contribution in [0.4, 0.5) is 0 Å². The SMILES string of the molecule is NC(CC1(CN2CCCC2)CC1)=NO. The molecule has 1 heterocycles. The third-order valence-electron chi connectivity index (χ3n) is 3.40. The number of amidine groups is 1. The molecule has 4 heteroatoms. The van der Waals surface area contributed by atoms with Gasteiger partial charge in [0.2, 0.25) is 0 Å². The Morgan fingerprint density at radius 3 is 2.50 bits per heavy atom. The molecule has 0 bridgehead atoms. The summed E-state index contributed by atoms with van der Waals surface area (Å²) < 4.78 is 0. The Labute approximate surface area is 84.8 Å². The van der Waals surface area contributed by atoms with Crippen LogP contribution in [0, 0.1) is 5.41 Å². The van der Waals surface area contributed by atoms with Gasteiger partial charge in [0.1, 0.15) is 5.84 Å². The molecule has 2 aliphatic rings. The molecule has 0 spiro atoms. The molecule has 14 heavy (non-hydrogen) atoms. The molecular weight excluding hydrogens is 178 g/mol. The normalized spacial score (nSPS) is 26.7. The van der Waals surface area contributed by atoms with E-state index in [-0.39, 0.29) is 0 Å².